The first-order chi connectivity index (χ1) is 11.9. The van der Waals surface area contributed by atoms with Crippen LogP contribution < -0.4 is 0 Å². The normalized spacial score (nSPS) is 22.5. The van der Waals surface area contributed by atoms with Crippen LogP contribution in [0.3, 0.4) is 0 Å². The van der Waals surface area contributed by atoms with Crippen LogP contribution in [0, 0.1) is 5.92 Å². The number of carbonyl (C=O) groups is 3. The number of piperidine rings is 1. The van der Waals surface area contributed by atoms with Gasteiger partial charge in [-0.05, 0) is 43.4 Å². The molecule has 2 aliphatic rings. The van der Waals surface area contributed by atoms with Crippen molar-refractivity contribution < 1.29 is 19.5 Å². The Morgan fingerprint density at radius 1 is 1.20 bits per heavy atom. The third-order valence-corrected chi connectivity index (χ3v) is 6.36. The predicted octanol–water partition coefficient (Wildman–Crippen LogP) is 1.95. The van der Waals surface area contributed by atoms with Gasteiger partial charge in [-0.3, -0.25) is 14.4 Å². The Labute approximate surface area is 151 Å². The third-order valence-electron chi connectivity index (χ3n) is 5.62. The molecule has 2 saturated heterocycles. The first-order valence-corrected chi connectivity index (χ1v) is 9.54. The topological polar surface area (TPSA) is 77.9 Å². The summed E-state index contributed by atoms with van der Waals surface area (Å²) in [5, 5.41) is 9.51. The second kappa shape index (κ2) is 6.71. The maximum absolute atomic E-state index is 12.7. The van der Waals surface area contributed by atoms with Gasteiger partial charge in [0.05, 0.1) is 11.5 Å². The van der Waals surface area contributed by atoms with Crippen LogP contribution in [-0.2, 0) is 9.59 Å². The van der Waals surface area contributed by atoms with E-state index in [1.165, 1.54) is 0 Å². The van der Waals surface area contributed by atoms with Crippen molar-refractivity contribution in [3.8, 4) is 0 Å². The van der Waals surface area contributed by atoms with Crippen molar-refractivity contribution in [1.29, 1.82) is 0 Å². The molecule has 1 aromatic carbocycles. The summed E-state index contributed by atoms with van der Waals surface area (Å²) in [7, 11) is 1.68. The van der Waals surface area contributed by atoms with Crippen molar-refractivity contribution in [3.05, 3.63) is 29.8 Å². The second-order valence-electron chi connectivity index (χ2n) is 6.67. The Bertz CT molecular complexity index is 696. The molecule has 1 N–H and O–H groups in total. The lowest BCUT2D eigenvalue weighted by atomic mass is 9.77. The van der Waals surface area contributed by atoms with Gasteiger partial charge in [0.1, 0.15) is 0 Å². The van der Waals surface area contributed by atoms with E-state index in [1.807, 2.05) is 30.5 Å². The van der Waals surface area contributed by atoms with Crippen molar-refractivity contribution in [3.63, 3.8) is 0 Å². The second-order valence-corrected chi connectivity index (χ2v) is 7.55. The number of carboxylic acid groups (broad SMARTS) is 1. The predicted molar refractivity (Wildman–Crippen MR) is 94.6 cm³/mol. The number of likely N-dealkylation sites (tertiary alicyclic amines) is 2. The van der Waals surface area contributed by atoms with Gasteiger partial charge in [0, 0.05) is 37.0 Å². The zero-order chi connectivity index (χ0) is 18.2. The highest BCUT2D eigenvalue weighted by Gasteiger charge is 2.55. The Morgan fingerprint density at radius 2 is 1.80 bits per heavy atom. The lowest BCUT2D eigenvalue weighted by Crippen LogP contribution is -2.56. The van der Waals surface area contributed by atoms with Gasteiger partial charge in [-0.1, -0.05) is 0 Å². The molecule has 134 valence electrons. The SMILES string of the molecule is CSc1ccc(C(=O)N2CCC3(CC2)[C@@H](C(=O)O)CC(=O)N3C)cc1. The molecule has 25 heavy (non-hydrogen) atoms. The first-order valence-electron chi connectivity index (χ1n) is 8.32. The fraction of sp³-hybridized carbons (Fsp3) is 0.500. The average Bonchev–Trinajstić information content (AvgIpc) is 2.87. The minimum Gasteiger partial charge on any atom is -0.481 e. The molecule has 0 radical (unpaired) electrons. The van der Waals surface area contributed by atoms with Gasteiger partial charge in [-0.2, -0.15) is 0 Å². The average molecular weight is 362 g/mol. The fourth-order valence-corrected chi connectivity index (χ4v) is 4.41. The molecule has 0 saturated carbocycles. The maximum atomic E-state index is 12.7. The van der Waals surface area contributed by atoms with Crippen LogP contribution in [0.25, 0.3) is 0 Å². The summed E-state index contributed by atoms with van der Waals surface area (Å²) in [6.45, 7) is 0.926. The quantitative estimate of drug-likeness (QED) is 0.832. The summed E-state index contributed by atoms with van der Waals surface area (Å²) in [4.78, 5) is 40.8. The summed E-state index contributed by atoms with van der Waals surface area (Å²) in [5.74, 6) is -1.78. The van der Waals surface area contributed by atoms with E-state index in [1.54, 1.807) is 28.6 Å². The van der Waals surface area contributed by atoms with Gasteiger partial charge >= 0.3 is 5.97 Å². The van der Waals surface area contributed by atoms with E-state index < -0.39 is 17.4 Å². The molecule has 3 rings (SSSR count). The lowest BCUT2D eigenvalue weighted by molar-refractivity contribution is -0.145. The summed E-state index contributed by atoms with van der Waals surface area (Å²) < 4.78 is 0. The summed E-state index contributed by atoms with van der Waals surface area (Å²) >= 11 is 1.62. The van der Waals surface area contributed by atoms with Gasteiger partial charge in [-0.15, -0.1) is 11.8 Å². The van der Waals surface area contributed by atoms with Gasteiger partial charge in [0.2, 0.25) is 5.91 Å². The number of hydrogen-bond acceptors (Lipinski definition) is 4. The maximum Gasteiger partial charge on any atom is 0.309 e. The van der Waals surface area contributed by atoms with E-state index in [4.69, 9.17) is 0 Å². The van der Waals surface area contributed by atoms with Crippen LogP contribution in [-0.4, -0.2) is 64.6 Å². The van der Waals surface area contributed by atoms with Crippen molar-refractivity contribution in [2.75, 3.05) is 26.4 Å². The monoisotopic (exact) mass is 362 g/mol. The number of aliphatic carboxylic acids is 1. The molecule has 1 spiro atoms. The molecule has 1 atom stereocenters. The van der Waals surface area contributed by atoms with Crippen molar-refractivity contribution in [2.45, 2.75) is 29.7 Å². The van der Waals surface area contributed by atoms with Crippen LogP contribution >= 0.6 is 11.8 Å². The zero-order valence-corrected chi connectivity index (χ0v) is 15.2. The smallest absolute Gasteiger partial charge is 0.309 e. The van der Waals surface area contributed by atoms with Gasteiger partial charge in [0.25, 0.3) is 5.91 Å². The first kappa shape index (κ1) is 17.8. The molecular formula is C18H22N2O4S. The summed E-state index contributed by atoms with van der Waals surface area (Å²) in [6.07, 6.45) is 3.04. The highest BCUT2D eigenvalue weighted by atomic mass is 32.2. The van der Waals surface area contributed by atoms with E-state index >= 15 is 0 Å². The van der Waals surface area contributed by atoms with E-state index in [0.717, 1.165) is 4.90 Å². The van der Waals surface area contributed by atoms with E-state index in [0.29, 0.717) is 31.5 Å². The van der Waals surface area contributed by atoms with Gasteiger partial charge in [0.15, 0.2) is 0 Å². The number of rotatable bonds is 3. The number of hydrogen-bond donors (Lipinski definition) is 1. The molecule has 1 aromatic rings. The molecule has 2 fully saturated rings. The highest BCUT2D eigenvalue weighted by molar-refractivity contribution is 7.98. The van der Waals surface area contributed by atoms with Crippen LogP contribution in [0.2, 0.25) is 0 Å². The number of thioether (sulfide) groups is 1. The largest absolute Gasteiger partial charge is 0.481 e. The van der Waals surface area contributed by atoms with Gasteiger partial charge in [-0.25, -0.2) is 0 Å². The molecule has 0 aromatic heterocycles. The minimum atomic E-state index is -0.926. The van der Waals surface area contributed by atoms with Crippen LogP contribution in [0.5, 0.6) is 0 Å². The number of carboxylic acids is 1. The lowest BCUT2D eigenvalue weighted by Gasteiger charge is -2.45. The standard InChI is InChI=1S/C18H22N2O4S/c1-19-15(21)11-14(17(23)24)18(19)7-9-20(10-8-18)16(22)12-3-5-13(25-2)6-4-12/h3-6,14H,7-11H2,1-2H3,(H,23,24)/t14-/m1/s1. The van der Waals surface area contributed by atoms with E-state index in [-0.39, 0.29) is 18.2 Å². The fourth-order valence-electron chi connectivity index (χ4n) is 4.00. The zero-order valence-electron chi connectivity index (χ0n) is 14.4. The van der Waals surface area contributed by atoms with E-state index in [2.05, 4.69) is 0 Å². The number of amides is 2. The minimum absolute atomic E-state index is 0.0404. The van der Waals surface area contributed by atoms with Crippen molar-refractivity contribution in [1.82, 2.24) is 9.80 Å². The summed E-state index contributed by atoms with van der Waals surface area (Å²) in [5.41, 5.74) is -0.0260. The van der Waals surface area contributed by atoms with Crippen LogP contribution in [0.15, 0.2) is 29.2 Å². The Morgan fingerprint density at radius 3 is 2.32 bits per heavy atom. The summed E-state index contributed by atoms with van der Waals surface area (Å²) in [6, 6.07) is 7.49. The molecular weight excluding hydrogens is 340 g/mol. The van der Waals surface area contributed by atoms with Crippen LogP contribution in [0.1, 0.15) is 29.6 Å². The van der Waals surface area contributed by atoms with Crippen molar-refractivity contribution in [2.24, 2.45) is 5.92 Å². The molecule has 0 bridgehead atoms. The number of benzene rings is 1. The number of carbonyl (C=O) groups excluding carboxylic acids is 2. The molecule has 0 unspecified atom stereocenters. The molecule has 6 nitrogen and oxygen atoms in total. The van der Waals surface area contributed by atoms with Crippen molar-refractivity contribution >= 4 is 29.5 Å². The molecule has 7 heteroatoms. The molecule has 0 aliphatic carbocycles. The van der Waals surface area contributed by atoms with Crippen LogP contribution in [0.4, 0.5) is 0 Å². The molecule has 2 heterocycles. The number of nitrogens with zero attached hydrogens (tertiary/aromatic N) is 2. The van der Waals surface area contributed by atoms with Gasteiger partial charge < -0.3 is 14.9 Å². The third kappa shape index (κ3) is 3.01. The van der Waals surface area contributed by atoms with E-state index in [9.17, 15) is 19.5 Å². The highest BCUT2D eigenvalue weighted by Crippen LogP contribution is 2.43. The molecule has 2 aliphatic heterocycles. The Kier molecular flexibility index (Phi) is 4.77. The molecule has 2 amide bonds. The Balaban J connectivity index is 1.73. The Hall–Kier alpha value is -2.02.